The minimum atomic E-state index is 0.269. The number of rotatable bonds is 19. The summed E-state index contributed by atoms with van der Waals surface area (Å²) >= 11 is 1.74. The van der Waals surface area contributed by atoms with Crippen molar-refractivity contribution in [1.29, 1.82) is 0 Å². The van der Waals surface area contributed by atoms with Gasteiger partial charge in [0.2, 0.25) is 0 Å². The maximum absolute atomic E-state index is 5.31. The van der Waals surface area contributed by atoms with Crippen LogP contribution in [0.15, 0.2) is 70.0 Å². The highest BCUT2D eigenvalue weighted by Gasteiger charge is 2.21. The molecule has 13 nitrogen and oxygen atoms in total. The average Bonchev–Trinajstić information content (AvgIpc) is 1.61. The van der Waals surface area contributed by atoms with E-state index >= 15 is 0 Å². The van der Waals surface area contributed by atoms with Gasteiger partial charge in [-0.25, -0.2) is 15.0 Å². The zero-order valence-electron chi connectivity index (χ0n) is 73.8. The van der Waals surface area contributed by atoms with E-state index in [1.165, 1.54) is 193 Å². The Hall–Kier alpha value is -2.95. The number of likely N-dealkylation sites (tertiary alicyclic amines) is 3. The molecular formula is C90H173N9O4S. The Morgan fingerprint density at radius 2 is 0.712 bits per heavy atom. The van der Waals surface area contributed by atoms with Crippen LogP contribution < -0.4 is 0 Å². The number of hydrogen-bond donors (Lipinski definition) is 0. The zero-order chi connectivity index (χ0) is 78.4. The second kappa shape index (κ2) is 52.3. The van der Waals surface area contributed by atoms with Crippen molar-refractivity contribution in [2.75, 3.05) is 125 Å². The standard InChI is InChI=1S/C12H25N.C11H23NO.2C11H23N.C10H18N2.C10H21NO.C9H14O.C8H13NO.C8H13NS/c1-12(2,3)8-7-11-13-9-5-4-6-10-13;1-11(2,3)5-4-6-12-7-9-13-10-8-12;1-11(2,3)7-6-10-12-8-4-5-9-12;1-11(2,3)7-10-12-8-5-4-6-9-12;1-10(2,3)5-4-7-12-8-6-11-9-12;1-10(2,3)4-5-11-6-8-12-9-7-11;1-9(2,3)7-8-5-4-6-10-8;2*1-8(2,3)6-7-9-4-5-10-7/h4-11H2,1-3H3;4-10H2,1-3H3;2*4-10H2,1-3H3;6,8-9H,4-5,7H2,1-3H3;4-9H2,1-3H3;4-6H,7H2,1-3H3;2*4-5H,6H2,1-3H3. The molecule has 0 radical (unpaired) electrons. The van der Waals surface area contributed by atoms with Crippen LogP contribution in [-0.4, -0.2) is 169 Å². The van der Waals surface area contributed by atoms with Gasteiger partial charge in [0, 0.05) is 76.0 Å². The van der Waals surface area contributed by atoms with Gasteiger partial charge in [0.05, 0.1) is 50.2 Å². The predicted octanol–water partition coefficient (Wildman–Crippen LogP) is 23.6. The van der Waals surface area contributed by atoms with Crippen LogP contribution in [0.3, 0.4) is 0 Å². The second-order valence-electron chi connectivity index (χ2n) is 41.5. The van der Waals surface area contributed by atoms with E-state index in [-0.39, 0.29) is 5.41 Å². The van der Waals surface area contributed by atoms with E-state index in [2.05, 4.69) is 231 Å². The van der Waals surface area contributed by atoms with Gasteiger partial charge in [-0.15, -0.1) is 11.3 Å². The lowest BCUT2D eigenvalue weighted by Crippen LogP contribution is -2.37. The van der Waals surface area contributed by atoms with Crippen molar-refractivity contribution >= 4 is 11.3 Å². The Morgan fingerprint density at radius 1 is 0.346 bits per heavy atom. The topological polar surface area (TPSA) is 105 Å². The summed E-state index contributed by atoms with van der Waals surface area (Å²) in [5, 5.41) is 3.27. The summed E-state index contributed by atoms with van der Waals surface area (Å²) < 4.78 is 23.0. The fraction of sp³-hybridized carbons (Fsp3) is 0.856. The van der Waals surface area contributed by atoms with Crippen LogP contribution in [0.1, 0.15) is 319 Å². The van der Waals surface area contributed by atoms with Crippen molar-refractivity contribution in [1.82, 2.24) is 44.0 Å². The third-order valence-corrected chi connectivity index (χ3v) is 19.2. The number of nitrogens with zero attached hydrogens (tertiary/aromatic N) is 9. The molecule has 0 aromatic carbocycles. The molecule has 4 aromatic heterocycles. The molecule has 0 amide bonds. The normalized spacial score (nSPS) is 17.2. The number of imidazole rings is 1. The molecule has 5 saturated heterocycles. The van der Waals surface area contributed by atoms with Gasteiger partial charge in [-0.05, 0) is 236 Å². The van der Waals surface area contributed by atoms with Crippen molar-refractivity contribution in [2.24, 2.45) is 48.7 Å². The summed E-state index contributed by atoms with van der Waals surface area (Å²) in [5.74, 6) is 1.90. The lowest BCUT2D eigenvalue weighted by molar-refractivity contribution is 0.0333. The number of piperidine rings is 2. The minimum Gasteiger partial charge on any atom is -0.469 e. The van der Waals surface area contributed by atoms with Gasteiger partial charge in [-0.1, -0.05) is 200 Å². The molecule has 0 bridgehead atoms. The van der Waals surface area contributed by atoms with Crippen molar-refractivity contribution in [3.8, 4) is 0 Å². The fourth-order valence-corrected chi connectivity index (χ4v) is 13.2. The number of oxazole rings is 1. The van der Waals surface area contributed by atoms with Gasteiger partial charge in [0.1, 0.15) is 12.0 Å². The summed E-state index contributed by atoms with van der Waals surface area (Å²) in [7, 11) is 0. The lowest BCUT2D eigenvalue weighted by Gasteiger charge is -2.29. The molecule has 0 atom stereocenters. The van der Waals surface area contributed by atoms with Crippen LogP contribution in [0.2, 0.25) is 0 Å². The third-order valence-electron chi connectivity index (χ3n) is 18.4. The van der Waals surface area contributed by atoms with Gasteiger partial charge >= 0.3 is 0 Å². The van der Waals surface area contributed by atoms with E-state index < -0.39 is 0 Å². The molecule has 104 heavy (non-hydrogen) atoms. The van der Waals surface area contributed by atoms with Crippen LogP contribution in [0, 0.1) is 48.7 Å². The van der Waals surface area contributed by atoms with Gasteiger partial charge in [-0.2, -0.15) is 0 Å². The molecular weight excluding hydrogens is 1300 g/mol. The maximum atomic E-state index is 5.31. The SMILES string of the molecule is CC(C)(C)CCCN1CCCC1.CC(C)(C)CCCN1CCCCC1.CC(C)(C)CCCN1CCOCC1.CC(C)(C)CCCn1ccnc1.CC(C)(C)CCN1CCCCC1.CC(C)(C)CCN1CCOCC1.CC(C)(C)Cc1ccco1.CC(C)(C)Cc1ncco1.CC(C)(C)Cc1nccs1. The molecule has 14 heteroatoms. The number of hydrogen-bond acceptors (Lipinski definition) is 13. The smallest absolute Gasteiger partial charge is 0.194 e. The molecule has 5 aliphatic heterocycles. The van der Waals surface area contributed by atoms with Gasteiger partial charge in [0.15, 0.2) is 5.89 Å². The van der Waals surface area contributed by atoms with E-state index in [1.807, 2.05) is 42.4 Å². The summed E-state index contributed by atoms with van der Waals surface area (Å²) in [4.78, 5) is 25.1. The van der Waals surface area contributed by atoms with E-state index in [4.69, 9.17) is 18.3 Å². The number of furan rings is 1. The van der Waals surface area contributed by atoms with Gasteiger partial charge in [-0.3, -0.25) is 9.80 Å². The number of aromatic nitrogens is 4. The highest BCUT2D eigenvalue weighted by Crippen LogP contribution is 2.27. The number of ether oxygens (including phenoxy) is 2. The van der Waals surface area contributed by atoms with E-state index in [9.17, 15) is 0 Å². The predicted molar refractivity (Wildman–Crippen MR) is 453 cm³/mol. The first-order valence-corrected chi connectivity index (χ1v) is 42.6. The summed E-state index contributed by atoms with van der Waals surface area (Å²) in [6.07, 6.45) is 40.3. The van der Waals surface area contributed by atoms with Crippen LogP contribution in [0.5, 0.6) is 0 Å². The van der Waals surface area contributed by atoms with Crippen LogP contribution >= 0.6 is 11.3 Å². The Morgan fingerprint density at radius 3 is 1.03 bits per heavy atom. The number of morpholine rings is 2. The monoisotopic (exact) mass is 1480 g/mol. The van der Waals surface area contributed by atoms with Crippen molar-refractivity contribution < 1.29 is 18.3 Å². The van der Waals surface area contributed by atoms with Crippen molar-refractivity contribution in [3.05, 3.63) is 77.8 Å². The molecule has 4 aromatic rings. The summed E-state index contributed by atoms with van der Waals surface area (Å²) in [5.41, 5.74) is 3.96. The molecule has 5 fully saturated rings. The largest absolute Gasteiger partial charge is 0.469 e. The third kappa shape index (κ3) is 67.2. The number of thiazole rings is 1. The van der Waals surface area contributed by atoms with E-state index in [0.717, 1.165) is 90.1 Å². The molecule has 9 heterocycles. The highest BCUT2D eigenvalue weighted by molar-refractivity contribution is 7.09. The number of aryl methyl sites for hydroxylation is 1. The minimum absolute atomic E-state index is 0.269. The summed E-state index contributed by atoms with van der Waals surface area (Å²) in [6, 6.07) is 3.95. The van der Waals surface area contributed by atoms with Gasteiger partial charge < -0.3 is 37.6 Å². The fourth-order valence-electron chi connectivity index (χ4n) is 12.2. The van der Waals surface area contributed by atoms with E-state index in [0.29, 0.717) is 43.3 Å². The van der Waals surface area contributed by atoms with Crippen LogP contribution in [0.25, 0.3) is 0 Å². The van der Waals surface area contributed by atoms with Crippen LogP contribution in [0.4, 0.5) is 0 Å². The Labute approximate surface area is 649 Å². The second-order valence-corrected chi connectivity index (χ2v) is 42.5. The molecule has 0 unspecified atom stereocenters. The first kappa shape index (κ1) is 99.1. The first-order chi connectivity index (χ1) is 48.2. The molecule has 0 N–H and O–H groups in total. The zero-order valence-corrected chi connectivity index (χ0v) is 74.6. The molecule has 608 valence electrons. The van der Waals surface area contributed by atoms with Crippen molar-refractivity contribution in [2.45, 2.75) is 328 Å². The Kier molecular flexibility index (Phi) is 49.8. The molecule has 5 aliphatic rings. The van der Waals surface area contributed by atoms with Crippen LogP contribution in [-0.2, 0) is 35.3 Å². The Bertz CT molecular complexity index is 2320. The summed E-state index contributed by atoms with van der Waals surface area (Å²) in [6.45, 7) is 85.3. The van der Waals surface area contributed by atoms with Crippen molar-refractivity contribution in [3.63, 3.8) is 0 Å². The molecule has 0 spiro atoms. The average molecular weight is 1480 g/mol. The quantitative estimate of drug-likeness (QED) is 0.0893. The molecule has 0 aliphatic carbocycles. The Balaban J connectivity index is 0.000000586. The molecule has 9 rings (SSSR count). The lowest BCUT2D eigenvalue weighted by atomic mass is 9.90. The first-order valence-electron chi connectivity index (χ1n) is 41.7. The molecule has 0 saturated carbocycles. The van der Waals surface area contributed by atoms with E-state index in [1.54, 1.807) is 30.1 Å². The maximum Gasteiger partial charge on any atom is 0.194 e. The highest BCUT2D eigenvalue weighted by atomic mass is 32.1. The van der Waals surface area contributed by atoms with Gasteiger partial charge in [0.25, 0.3) is 0 Å².